The fraction of sp³-hybridized carbons (Fsp3) is 0.500. The number of likely N-dealkylation sites (N-methyl/N-ethyl adjacent to an activating group) is 1. The molecule has 0 rings (SSSR count). The number of aliphatic carboxylic acids is 1. The van der Waals surface area contributed by atoms with E-state index in [1.165, 1.54) is 7.05 Å². The Labute approximate surface area is 105 Å². The molecule has 0 aromatic heterocycles. The Hall–Kier alpha value is -0.384. The van der Waals surface area contributed by atoms with Crippen molar-refractivity contribution >= 4 is 42.8 Å². The summed E-state index contributed by atoms with van der Waals surface area (Å²) in [6, 6.07) is 0. The van der Waals surface area contributed by atoms with Gasteiger partial charge in [-0.3, -0.25) is 10.2 Å². The fourth-order valence-electron chi connectivity index (χ4n) is 0.288. The SMILES string of the molecule is CN(CC(=O)O)C(=N)N.O=P(O)(O)O.[H-].[H-].[Mg+2]. The Balaban J connectivity index is -0.0000000533. The van der Waals surface area contributed by atoms with Crippen molar-refractivity contribution in [2.24, 2.45) is 5.73 Å². The molecule has 15 heavy (non-hydrogen) atoms. The largest absolute Gasteiger partial charge is 2.00 e. The van der Waals surface area contributed by atoms with Crippen molar-refractivity contribution in [2.45, 2.75) is 0 Å². The molecule has 0 bridgehead atoms. The number of carboxylic acids is 1. The van der Waals surface area contributed by atoms with Gasteiger partial charge in [-0.1, -0.05) is 0 Å². The Morgan fingerprint density at radius 3 is 1.87 bits per heavy atom. The molecule has 11 heteroatoms. The van der Waals surface area contributed by atoms with Gasteiger partial charge in [-0.2, -0.15) is 0 Å². The second-order valence-electron chi connectivity index (χ2n) is 2.15. The van der Waals surface area contributed by atoms with Crippen molar-refractivity contribution in [2.75, 3.05) is 13.6 Å². The van der Waals surface area contributed by atoms with E-state index in [0.717, 1.165) is 4.90 Å². The summed E-state index contributed by atoms with van der Waals surface area (Å²) < 4.78 is 8.88. The first-order valence-corrected chi connectivity index (χ1v) is 4.65. The van der Waals surface area contributed by atoms with Crippen LogP contribution in [0, 0.1) is 5.41 Å². The maximum absolute atomic E-state index is 9.92. The zero-order valence-electron chi connectivity index (χ0n) is 9.99. The van der Waals surface area contributed by atoms with Gasteiger partial charge >= 0.3 is 36.8 Å². The quantitative estimate of drug-likeness (QED) is 0.140. The number of guanidine groups is 1. The van der Waals surface area contributed by atoms with E-state index in [4.69, 9.17) is 35.5 Å². The summed E-state index contributed by atoms with van der Waals surface area (Å²) in [5.74, 6) is -1.23. The van der Waals surface area contributed by atoms with Gasteiger partial charge in [0, 0.05) is 7.05 Å². The first kappa shape index (κ1) is 20.1. The van der Waals surface area contributed by atoms with Crippen molar-refractivity contribution in [3.63, 3.8) is 0 Å². The maximum Gasteiger partial charge on any atom is 2.00 e. The van der Waals surface area contributed by atoms with Gasteiger partial charge in [0.15, 0.2) is 5.96 Å². The Morgan fingerprint density at radius 2 is 1.80 bits per heavy atom. The van der Waals surface area contributed by atoms with Gasteiger partial charge in [0.05, 0.1) is 0 Å². The average molecular weight is 255 g/mol. The maximum atomic E-state index is 9.92. The van der Waals surface area contributed by atoms with E-state index in [1.807, 2.05) is 0 Å². The molecule has 0 amide bonds. The summed E-state index contributed by atoms with van der Waals surface area (Å²) >= 11 is 0. The summed E-state index contributed by atoms with van der Waals surface area (Å²) in [4.78, 5) is 32.6. The van der Waals surface area contributed by atoms with Crippen LogP contribution in [0.5, 0.6) is 0 Å². The first-order valence-electron chi connectivity index (χ1n) is 3.09. The van der Waals surface area contributed by atoms with Gasteiger partial charge < -0.3 is 33.3 Å². The summed E-state index contributed by atoms with van der Waals surface area (Å²) in [6.45, 7) is -0.227. The normalized spacial score (nSPS) is 9.07. The van der Waals surface area contributed by atoms with Gasteiger partial charge in [-0.05, 0) is 0 Å². The van der Waals surface area contributed by atoms with Crippen LogP contribution in [0.2, 0.25) is 0 Å². The molecular formula is C4H14MgN3O6P. The van der Waals surface area contributed by atoms with Crippen molar-refractivity contribution in [3.8, 4) is 0 Å². The van der Waals surface area contributed by atoms with E-state index in [-0.39, 0.29) is 38.4 Å². The van der Waals surface area contributed by atoms with Crippen LogP contribution in [-0.2, 0) is 9.36 Å². The summed E-state index contributed by atoms with van der Waals surface area (Å²) in [5.41, 5.74) is 4.93. The number of nitrogens with one attached hydrogen (secondary N) is 1. The van der Waals surface area contributed by atoms with Gasteiger partial charge in [0.2, 0.25) is 0 Å². The van der Waals surface area contributed by atoms with E-state index in [9.17, 15) is 4.79 Å². The Kier molecular flexibility index (Phi) is 11.9. The number of phosphoric acid groups is 1. The third kappa shape index (κ3) is 31.7. The number of carbonyl (C=O) groups is 1. The molecule has 0 saturated heterocycles. The Bertz CT molecular complexity index is 255. The predicted octanol–water partition coefficient (Wildman–Crippen LogP) is -2.19. The molecule has 0 unspecified atom stereocenters. The van der Waals surface area contributed by atoms with Crippen LogP contribution in [0.4, 0.5) is 0 Å². The number of hydrogen-bond donors (Lipinski definition) is 6. The monoisotopic (exact) mass is 255 g/mol. The van der Waals surface area contributed by atoms with Crippen molar-refractivity contribution in [1.29, 1.82) is 5.41 Å². The molecule has 0 fully saturated rings. The third-order valence-electron chi connectivity index (χ3n) is 0.784. The van der Waals surface area contributed by atoms with Crippen LogP contribution < -0.4 is 5.73 Å². The zero-order chi connectivity index (χ0) is 11.9. The number of rotatable bonds is 2. The second kappa shape index (κ2) is 8.89. The Morgan fingerprint density at radius 1 is 1.53 bits per heavy atom. The molecule has 0 radical (unpaired) electrons. The van der Waals surface area contributed by atoms with E-state index < -0.39 is 13.8 Å². The number of hydrogen-bond acceptors (Lipinski definition) is 3. The topological polar surface area (TPSA) is 168 Å². The van der Waals surface area contributed by atoms with Crippen molar-refractivity contribution < 1.29 is 32.0 Å². The standard InChI is InChI=1S/C4H9N3O2.Mg.H3O4P.2H/c1-7(4(5)6)2-3(8)9;;1-5(2,3)4;;/h2H2,1H3,(H3,5,6)(H,8,9);;(H3,1,2,3,4);;/q;+2;;2*-1. The average Bonchev–Trinajstić information content (AvgIpc) is 1.80. The molecule has 0 aliphatic rings. The van der Waals surface area contributed by atoms with Crippen LogP contribution in [0.3, 0.4) is 0 Å². The number of nitrogens with zero attached hydrogens (tertiary/aromatic N) is 1. The molecule has 88 valence electrons. The molecule has 0 aliphatic heterocycles. The molecule has 9 nitrogen and oxygen atoms in total. The van der Waals surface area contributed by atoms with E-state index >= 15 is 0 Å². The number of nitrogens with two attached hydrogens (primary N) is 1. The van der Waals surface area contributed by atoms with Crippen LogP contribution in [-0.4, -0.2) is 73.3 Å². The summed E-state index contributed by atoms with van der Waals surface area (Å²) in [7, 11) is -3.20. The molecule has 0 aliphatic carbocycles. The van der Waals surface area contributed by atoms with E-state index in [2.05, 4.69) is 0 Å². The minimum atomic E-state index is -4.64. The molecule has 0 aromatic carbocycles. The molecule has 7 N–H and O–H groups in total. The second-order valence-corrected chi connectivity index (χ2v) is 3.17. The molecule has 0 aromatic rings. The molecule has 0 saturated carbocycles. The van der Waals surface area contributed by atoms with E-state index in [0.29, 0.717) is 0 Å². The predicted molar refractivity (Wildman–Crippen MR) is 54.4 cm³/mol. The van der Waals surface area contributed by atoms with Crippen LogP contribution >= 0.6 is 7.82 Å². The molecular weight excluding hydrogens is 241 g/mol. The van der Waals surface area contributed by atoms with Crippen molar-refractivity contribution in [1.82, 2.24) is 4.90 Å². The van der Waals surface area contributed by atoms with Crippen molar-refractivity contribution in [3.05, 3.63) is 0 Å². The zero-order valence-corrected chi connectivity index (χ0v) is 10.3. The van der Waals surface area contributed by atoms with Gasteiger partial charge in [0.25, 0.3) is 0 Å². The minimum Gasteiger partial charge on any atom is -1.00 e. The molecule has 0 spiro atoms. The smallest absolute Gasteiger partial charge is 1.00 e. The van der Waals surface area contributed by atoms with Crippen LogP contribution in [0.1, 0.15) is 2.85 Å². The molecule has 0 heterocycles. The molecule has 0 atom stereocenters. The number of carboxylic acid groups (broad SMARTS) is 1. The van der Waals surface area contributed by atoms with Gasteiger partial charge in [-0.25, -0.2) is 4.57 Å². The van der Waals surface area contributed by atoms with E-state index in [1.54, 1.807) is 0 Å². The van der Waals surface area contributed by atoms with Crippen LogP contribution in [0.15, 0.2) is 0 Å². The first-order chi connectivity index (χ1) is 6.04. The minimum absolute atomic E-state index is 0. The van der Waals surface area contributed by atoms with Gasteiger partial charge in [-0.15, -0.1) is 0 Å². The van der Waals surface area contributed by atoms with Crippen LogP contribution in [0.25, 0.3) is 0 Å². The summed E-state index contributed by atoms with van der Waals surface area (Å²) in [6.07, 6.45) is 0. The third-order valence-corrected chi connectivity index (χ3v) is 0.784. The van der Waals surface area contributed by atoms with Gasteiger partial charge in [0.1, 0.15) is 6.54 Å². The summed E-state index contributed by atoms with van der Waals surface area (Å²) in [5, 5.41) is 14.9. The fourth-order valence-corrected chi connectivity index (χ4v) is 0.288.